The fraction of sp³-hybridized carbons (Fsp3) is 0.0909. The third-order valence-electron chi connectivity index (χ3n) is 4.11. The number of aryl methyl sites for hydroxylation is 1. The van der Waals surface area contributed by atoms with E-state index in [1.807, 2.05) is 19.1 Å². The van der Waals surface area contributed by atoms with Crippen LogP contribution in [0.2, 0.25) is 0 Å². The van der Waals surface area contributed by atoms with E-state index in [0.717, 1.165) is 15.6 Å². The number of carbonyl (C=O) groups excluding carboxylic acids is 2. The van der Waals surface area contributed by atoms with Crippen molar-refractivity contribution in [1.29, 1.82) is 0 Å². The Morgan fingerprint density at radius 1 is 0.929 bits per heavy atom. The molecule has 0 aliphatic heterocycles. The summed E-state index contributed by atoms with van der Waals surface area (Å²) in [6, 6.07) is 19.2. The van der Waals surface area contributed by atoms with Crippen molar-refractivity contribution in [1.82, 2.24) is 0 Å². The SMILES string of the molecule is Cc1ccc(O)c(NC(=O)Cc2ccc(NC(=O)c3ccc(Br)cc3)cc2)c1. The highest BCUT2D eigenvalue weighted by molar-refractivity contribution is 9.10. The molecule has 0 spiro atoms. The van der Waals surface area contributed by atoms with Crippen LogP contribution < -0.4 is 10.6 Å². The molecule has 0 unspecified atom stereocenters. The summed E-state index contributed by atoms with van der Waals surface area (Å²) >= 11 is 3.34. The van der Waals surface area contributed by atoms with Crippen molar-refractivity contribution in [3.8, 4) is 5.75 Å². The van der Waals surface area contributed by atoms with Gasteiger partial charge in [-0.1, -0.05) is 34.1 Å². The largest absolute Gasteiger partial charge is 0.506 e. The van der Waals surface area contributed by atoms with Crippen LogP contribution in [0.25, 0.3) is 0 Å². The molecule has 0 saturated heterocycles. The van der Waals surface area contributed by atoms with Crippen LogP contribution in [0.3, 0.4) is 0 Å². The molecular weight excluding hydrogens is 420 g/mol. The molecule has 28 heavy (non-hydrogen) atoms. The first-order valence-electron chi connectivity index (χ1n) is 8.66. The molecule has 0 bridgehead atoms. The fourth-order valence-corrected chi connectivity index (χ4v) is 2.90. The third kappa shape index (κ3) is 5.20. The number of hydrogen-bond acceptors (Lipinski definition) is 3. The second kappa shape index (κ2) is 8.71. The van der Waals surface area contributed by atoms with E-state index in [1.54, 1.807) is 54.6 Å². The van der Waals surface area contributed by atoms with Gasteiger partial charge in [-0.05, 0) is 66.6 Å². The molecular formula is C22H19BrN2O3. The summed E-state index contributed by atoms with van der Waals surface area (Å²) < 4.78 is 0.908. The first kappa shape index (κ1) is 19.6. The number of amides is 2. The van der Waals surface area contributed by atoms with Gasteiger partial charge < -0.3 is 15.7 Å². The highest BCUT2D eigenvalue weighted by Crippen LogP contribution is 2.24. The maximum absolute atomic E-state index is 12.2. The van der Waals surface area contributed by atoms with Crippen LogP contribution in [0.15, 0.2) is 71.2 Å². The second-order valence-electron chi connectivity index (χ2n) is 6.40. The Morgan fingerprint density at radius 3 is 2.29 bits per heavy atom. The molecule has 3 rings (SSSR count). The number of hydrogen-bond donors (Lipinski definition) is 3. The number of benzene rings is 3. The zero-order valence-electron chi connectivity index (χ0n) is 15.2. The van der Waals surface area contributed by atoms with Crippen molar-refractivity contribution in [2.75, 3.05) is 10.6 Å². The summed E-state index contributed by atoms with van der Waals surface area (Å²) in [7, 11) is 0. The lowest BCUT2D eigenvalue weighted by atomic mass is 10.1. The molecule has 3 N–H and O–H groups in total. The van der Waals surface area contributed by atoms with Gasteiger partial charge in [0.15, 0.2) is 0 Å². The molecule has 0 aliphatic carbocycles. The molecule has 3 aromatic rings. The minimum atomic E-state index is -0.229. The van der Waals surface area contributed by atoms with E-state index in [4.69, 9.17) is 0 Å². The van der Waals surface area contributed by atoms with Crippen molar-refractivity contribution in [3.63, 3.8) is 0 Å². The van der Waals surface area contributed by atoms with Gasteiger partial charge in [0.25, 0.3) is 5.91 Å². The molecule has 2 amide bonds. The fourth-order valence-electron chi connectivity index (χ4n) is 2.64. The van der Waals surface area contributed by atoms with E-state index in [0.29, 0.717) is 16.9 Å². The van der Waals surface area contributed by atoms with Crippen molar-refractivity contribution in [2.24, 2.45) is 0 Å². The monoisotopic (exact) mass is 438 g/mol. The molecule has 0 aliphatic rings. The standard InChI is InChI=1S/C22H19BrN2O3/c1-14-2-11-20(26)19(12-14)25-21(27)13-15-3-9-18(10-4-15)24-22(28)16-5-7-17(23)8-6-16/h2-12,26H,13H2,1H3,(H,24,28)(H,25,27). The third-order valence-corrected chi connectivity index (χ3v) is 4.64. The number of phenols is 1. The van der Waals surface area contributed by atoms with Crippen molar-refractivity contribution >= 4 is 39.1 Å². The minimum Gasteiger partial charge on any atom is -0.506 e. The van der Waals surface area contributed by atoms with E-state index >= 15 is 0 Å². The number of aromatic hydroxyl groups is 1. The lowest BCUT2D eigenvalue weighted by Gasteiger charge is -2.09. The first-order chi connectivity index (χ1) is 13.4. The van der Waals surface area contributed by atoms with Gasteiger partial charge in [0, 0.05) is 15.7 Å². The maximum atomic E-state index is 12.2. The Bertz CT molecular complexity index is 999. The van der Waals surface area contributed by atoms with Gasteiger partial charge >= 0.3 is 0 Å². The summed E-state index contributed by atoms with van der Waals surface area (Å²) in [5, 5.41) is 15.4. The predicted molar refractivity (Wildman–Crippen MR) is 114 cm³/mol. The van der Waals surface area contributed by atoms with Gasteiger partial charge in [0.2, 0.25) is 5.91 Å². The van der Waals surface area contributed by atoms with Crippen molar-refractivity contribution in [3.05, 3.63) is 87.9 Å². The van der Waals surface area contributed by atoms with Crippen LogP contribution in [0.1, 0.15) is 21.5 Å². The number of halogens is 1. The predicted octanol–water partition coefficient (Wildman–Crippen LogP) is 4.90. The lowest BCUT2D eigenvalue weighted by molar-refractivity contribution is -0.115. The Morgan fingerprint density at radius 2 is 1.61 bits per heavy atom. The molecule has 6 heteroatoms. The minimum absolute atomic E-state index is 0.0324. The highest BCUT2D eigenvalue weighted by Gasteiger charge is 2.09. The highest BCUT2D eigenvalue weighted by atomic mass is 79.9. The number of nitrogens with one attached hydrogen (secondary N) is 2. The number of phenolic OH excluding ortho intramolecular Hbond substituents is 1. The van der Waals surface area contributed by atoms with Crippen LogP contribution in [0.4, 0.5) is 11.4 Å². The zero-order chi connectivity index (χ0) is 20.1. The van der Waals surface area contributed by atoms with Gasteiger partial charge in [-0.2, -0.15) is 0 Å². The number of carbonyl (C=O) groups is 2. The van der Waals surface area contributed by atoms with Gasteiger partial charge in [-0.15, -0.1) is 0 Å². The maximum Gasteiger partial charge on any atom is 0.255 e. The summed E-state index contributed by atoms with van der Waals surface area (Å²) in [6.07, 6.45) is 0.161. The number of rotatable bonds is 5. The van der Waals surface area contributed by atoms with Gasteiger partial charge in [-0.25, -0.2) is 0 Å². The second-order valence-corrected chi connectivity index (χ2v) is 7.32. The quantitative estimate of drug-likeness (QED) is 0.495. The van der Waals surface area contributed by atoms with Crippen LogP contribution in [0, 0.1) is 6.92 Å². The van der Waals surface area contributed by atoms with Crippen molar-refractivity contribution < 1.29 is 14.7 Å². The molecule has 0 fully saturated rings. The Hall–Kier alpha value is -3.12. The van der Waals surface area contributed by atoms with Gasteiger partial charge in [0.05, 0.1) is 12.1 Å². The molecule has 142 valence electrons. The average molecular weight is 439 g/mol. The molecule has 0 aromatic heterocycles. The normalized spacial score (nSPS) is 10.4. The van der Waals surface area contributed by atoms with E-state index in [-0.39, 0.29) is 24.0 Å². The van der Waals surface area contributed by atoms with Crippen LogP contribution in [0.5, 0.6) is 5.75 Å². The van der Waals surface area contributed by atoms with E-state index in [9.17, 15) is 14.7 Å². The molecule has 0 atom stereocenters. The molecule has 5 nitrogen and oxygen atoms in total. The first-order valence-corrected chi connectivity index (χ1v) is 9.45. The molecule has 0 radical (unpaired) electrons. The van der Waals surface area contributed by atoms with Gasteiger partial charge in [0.1, 0.15) is 5.75 Å². The van der Waals surface area contributed by atoms with E-state index < -0.39 is 0 Å². The van der Waals surface area contributed by atoms with E-state index in [2.05, 4.69) is 26.6 Å². The topological polar surface area (TPSA) is 78.4 Å². The Labute approximate surface area is 171 Å². The van der Waals surface area contributed by atoms with Crippen molar-refractivity contribution in [2.45, 2.75) is 13.3 Å². The molecule has 3 aromatic carbocycles. The number of anilines is 2. The summed E-state index contributed by atoms with van der Waals surface area (Å²) in [5.41, 5.74) is 3.34. The summed E-state index contributed by atoms with van der Waals surface area (Å²) in [5.74, 6) is -0.398. The lowest BCUT2D eigenvalue weighted by Crippen LogP contribution is -2.15. The van der Waals surface area contributed by atoms with Crippen LogP contribution in [-0.2, 0) is 11.2 Å². The Balaban J connectivity index is 1.59. The summed E-state index contributed by atoms with van der Waals surface area (Å²) in [6.45, 7) is 1.89. The molecule has 0 saturated carbocycles. The van der Waals surface area contributed by atoms with E-state index in [1.165, 1.54) is 0 Å². The Kier molecular flexibility index (Phi) is 6.11. The van der Waals surface area contributed by atoms with Crippen LogP contribution >= 0.6 is 15.9 Å². The smallest absolute Gasteiger partial charge is 0.255 e. The van der Waals surface area contributed by atoms with Gasteiger partial charge in [-0.3, -0.25) is 9.59 Å². The molecule has 0 heterocycles. The zero-order valence-corrected chi connectivity index (χ0v) is 16.8. The summed E-state index contributed by atoms with van der Waals surface area (Å²) in [4.78, 5) is 24.5. The average Bonchev–Trinajstić information content (AvgIpc) is 2.67. The van der Waals surface area contributed by atoms with Crippen LogP contribution in [-0.4, -0.2) is 16.9 Å².